The third kappa shape index (κ3) is 3.48. The van der Waals surface area contributed by atoms with E-state index in [9.17, 15) is 9.59 Å². The minimum Gasteiger partial charge on any atom is -0.486 e. The molecule has 1 aliphatic rings. The Morgan fingerprint density at radius 1 is 1.21 bits per heavy atom. The van der Waals surface area contributed by atoms with Crippen molar-refractivity contribution < 1.29 is 23.8 Å². The molecular formula is C19H15ClN2O5S. The Labute approximate surface area is 168 Å². The van der Waals surface area contributed by atoms with Gasteiger partial charge in [-0.1, -0.05) is 29.0 Å². The van der Waals surface area contributed by atoms with Crippen LogP contribution in [0.4, 0.5) is 0 Å². The van der Waals surface area contributed by atoms with Crippen LogP contribution in [0.2, 0.25) is 5.02 Å². The number of benzene rings is 2. The predicted octanol–water partition coefficient (Wildman–Crippen LogP) is 3.04. The number of rotatable bonds is 3. The number of esters is 1. The van der Waals surface area contributed by atoms with Crippen molar-refractivity contribution in [2.24, 2.45) is 4.99 Å². The van der Waals surface area contributed by atoms with E-state index in [0.29, 0.717) is 45.6 Å². The molecule has 0 spiro atoms. The summed E-state index contributed by atoms with van der Waals surface area (Å²) in [5, 5.41) is 0.464. The lowest BCUT2D eigenvalue weighted by Crippen LogP contribution is -2.22. The van der Waals surface area contributed by atoms with Crippen molar-refractivity contribution in [2.45, 2.75) is 6.54 Å². The molecular weight excluding hydrogens is 404 g/mol. The van der Waals surface area contributed by atoms with E-state index in [4.69, 9.17) is 25.8 Å². The van der Waals surface area contributed by atoms with E-state index < -0.39 is 11.9 Å². The highest BCUT2D eigenvalue weighted by atomic mass is 35.5. The summed E-state index contributed by atoms with van der Waals surface area (Å²) in [5.74, 6) is 0.178. The average molecular weight is 419 g/mol. The molecule has 0 saturated carbocycles. The summed E-state index contributed by atoms with van der Waals surface area (Å²) < 4.78 is 18.2. The lowest BCUT2D eigenvalue weighted by Gasteiger charge is -2.18. The van der Waals surface area contributed by atoms with Gasteiger partial charge in [-0.15, -0.1) is 0 Å². The Morgan fingerprint density at radius 2 is 2.00 bits per heavy atom. The van der Waals surface area contributed by atoms with Gasteiger partial charge in [0.25, 0.3) is 5.91 Å². The van der Waals surface area contributed by atoms with Gasteiger partial charge in [-0.3, -0.25) is 9.59 Å². The number of amides is 1. The highest BCUT2D eigenvalue weighted by Crippen LogP contribution is 2.31. The molecule has 0 radical (unpaired) electrons. The van der Waals surface area contributed by atoms with Crippen LogP contribution < -0.4 is 14.3 Å². The zero-order valence-corrected chi connectivity index (χ0v) is 16.4. The Kier molecular flexibility index (Phi) is 5.06. The number of thiazole rings is 1. The number of nitrogens with zero attached hydrogens (tertiary/aromatic N) is 2. The molecule has 0 saturated heterocycles. The van der Waals surface area contributed by atoms with Gasteiger partial charge in [0.2, 0.25) is 0 Å². The van der Waals surface area contributed by atoms with Gasteiger partial charge in [-0.25, -0.2) is 0 Å². The molecule has 0 bridgehead atoms. The van der Waals surface area contributed by atoms with E-state index in [-0.39, 0.29) is 6.54 Å². The van der Waals surface area contributed by atoms with Gasteiger partial charge in [0.1, 0.15) is 19.8 Å². The summed E-state index contributed by atoms with van der Waals surface area (Å²) in [6, 6.07) is 10.3. The highest BCUT2D eigenvalue weighted by Gasteiger charge is 2.17. The lowest BCUT2D eigenvalue weighted by atomic mass is 10.2. The highest BCUT2D eigenvalue weighted by molar-refractivity contribution is 7.16. The van der Waals surface area contributed by atoms with Crippen molar-refractivity contribution in [1.82, 2.24) is 4.57 Å². The molecule has 0 atom stereocenters. The number of hydrogen-bond donors (Lipinski definition) is 0. The number of hydrogen-bond acceptors (Lipinski definition) is 6. The Hall–Kier alpha value is -2.84. The van der Waals surface area contributed by atoms with Crippen molar-refractivity contribution in [3.8, 4) is 11.5 Å². The van der Waals surface area contributed by atoms with Crippen LogP contribution in [-0.4, -0.2) is 36.8 Å². The molecule has 1 amide bonds. The van der Waals surface area contributed by atoms with Crippen LogP contribution in [0, 0.1) is 0 Å². The zero-order chi connectivity index (χ0) is 19.7. The summed E-state index contributed by atoms with van der Waals surface area (Å²) in [6.45, 7) is 0.796. The topological polar surface area (TPSA) is 79.1 Å². The van der Waals surface area contributed by atoms with Crippen molar-refractivity contribution in [2.75, 3.05) is 20.3 Å². The molecule has 4 rings (SSSR count). The third-order valence-electron chi connectivity index (χ3n) is 4.15. The molecule has 2 heterocycles. The first-order chi connectivity index (χ1) is 13.6. The number of methoxy groups -OCH3 is 1. The second kappa shape index (κ2) is 7.65. The maximum absolute atomic E-state index is 12.8. The van der Waals surface area contributed by atoms with E-state index in [1.807, 2.05) is 6.07 Å². The van der Waals surface area contributed by atoms with E-state index in [1.54, 1.807) is 34.9 Å². The maximum Gasteiger partial charge on any atom is 0.325 e. The van der Waals surface area contributed by atoms with Gasteiger partial charge in [0.15, 0.2) is 16.3 Å². The van der Waals surface area contributed by atoms with Gasteiger partial charge in [-0.2, -0.15) is 4.99 Å². The first kappa shape index (κ1) is 18.5. The molecule has 2 aromatic carbocycles. The molecule has 1 aliphatic heterocycles. The van der Waals surface area contributed by atoms with Crippen LogP contribution in [-0.2, 0) is 16.1 Å². The van der Waals surface area contributed by atoms with Crippen molar-refractivity contribution in [1.29, 1.82) is 0 Å². The molecule has 0 unspecified atom stereocenters. The van der Waals surface area contributed by atoms with Gasteiger partial charge in [-0.05, 0) is 30.3 Å². The summed E-state index contributed by atoms with van der Waals surface area (Å²) in [5.41, 5.74) is 0.991. The predicted molar refractivity (Wildman–Crippen MR) is 104 cm³/mol. The van der Waals surface area contributed by atoms with Crippen LogP contribution in [0.3, 0.4) is 0 Å². The minimum atomic E-state index is -0.465. The summed E-state index contributed by atoms with van der Waals surface area (Å²) in [4.78, 5) is 29.2. The SMILES string of the molecule is COC(=O)Cn1c(=NC(=O)c2ccc3c(c2)OCCO3)sc2cccc(Cl)c21. The lowest BCUT2D eigenvalue weighted by molar-refractivity contribution is -0.141. The first-order valence-electron chi connectivity index (χ1n) is 8.40. The third-order valence-corrected chi connectivity index (χ3v) is 5.50. The van der Waals surface area contributed by atoms with Crippen LogP contribution in [0.15, 0.2) is 41.4 Å². The van der Waals surface area contributed by atoms with Crippen molar-refractivity contribution in [3.05, 3.63) is 51.8 Å². The molecule has 7 nitrogen and oxygen atoms in total. The van der Waals surface area contributed by atoms with Crippen LogP contribution in [0.5, 0.6) is 11.5 Å². The van der Waals surface area contributed by atoms with Crippen LogP contribution >= 0.6 is 22.9 Å². The molecule has 3 aromatic rings. The van der Waals surface area contributed by atoms with Gasteiger partial charge in [0, 0.05) is 5.56 Å². The van der Waals surface area contributed by atoms with Crippen molar-refractivity contribution in [3.63, 3.8) is 0 Å². The normalized spacial score (nSPS) is 13.6. The van der Waals surface area contributed by atoms with Gasteiger partial charge >= 0.3 is 5.97 Å². The van der Waals surface area contributed by atoms with E-state index >= 15 is 0 Å². The number of ether oxygens (including phenoxy) is 3. The van der Waals surface area contributed by atoms with Gasteiger partial charge < -0.3 is 18.8 Å². The average Bonchev–Trinajstić information content (AvgIpc) is 3.05. The van der Waals surface area contributed by atoms with E-state index in [2.05, 4.69) is 4.99 Å². The molecule has 1 aromatic heterocycles. The van der Waals surface area contributed by atoms with Gasteiger partial charge in [0.05, 0.1) is 22.3 Å². The number of para-hydroxylation sites is 1. The van der Waals surface area contributed by atoms with Crippen molar-refractivity contribution >= 4 is 45.0 Å². The Bertz CT molecular complexity index is 1150. The quantitative estimate of drug-likeness (QED) is 0.611. The zero-order valence-electron chi connectivity index (χ0n) is 14.8. The fraction of sp³-hybridized carbons (Fsp3) is 0.211. The summed E-state index contributed by atoms with van der Waals surface area (Å²) in [7, 11) is 1.30. The van der Waals surface area contributed by atoms with E-state index in [0.717, 1.165) is 4.70 Å². The molecule has 144 valence electrons. The molecule has 9 heteroatoms. The summed E-state index contributed by atoms with van der Waals surface area (Å²) in [6.07, 6.45) is 0. The standard InChI is InChI=1S/C19H15ClN2O5S/c1-25-16(23)10-22-17-12(20)3-2-4-15(17)28-19(22)21-18(24)11-5-6-13-14(9-11)27-8-7-26-13/h2-6,9H,7-8,10H2,1H3. The molecule has 0 fully saturated rings. The monoisotopic (exact) mass is 418 g/mol. The fourth-order valence-electron chi connectivity index (χ4n) is 2.84. The second-order valence-electron chi connectivity index (χ2n) is 5.91. The van der Waals surface area contributed by atoms with Crippen LogP contribution in [0.25, 0.3) is 10.2 Å². The molecule has 0 aliphatic carbocycles. The number of fused-ring (bicyclic) bond motifs is 2. The maximum atomic E-state index is 12.8. The Balaban J connectivity index is 1.80. The number of aromatic nitrogens is 1. The smallest absolute Gasteiger partial charge is 0.325 e. The molecule has 0 N–H and O–H groups in total. The Morgan fingerprint density at radius 3 is 2.79 bits per heavy atom. The van der Waals surface area contributed by atoms with E-state index in [1.165, 1.54) is 18.4 Å². The minimum absolute atomic E-state index is 0.104. The largest absolute Gasteiger partial charge is 0.486 e. The van der Waals surface area contributed by atoms with Crippen LogP contribution in [0.1, 0.15) is 10.4 Å². The number of carbonyl (C=O) groups excluding carboxylic acids is 2. The summed E-state index contributed by atoms with van der Waals surface area (Å²) >= 11 is 7.58. The number of halogens is 1. The second-order valence-corrected chi connectivity index (χ2v) is 7.33. The number of carbonyl (C=O) groups is 2. The molecule has 28 heavy (non-hydrogen) atoms. The first-order valence-corrected chi connectivity index (χ1v) is 9.59. The fourth-order valence-corrected chi connectivity index (χ4v) is 4.23.